The smallest absolute Gasteiger partial charge is 0.316 e. The summed E-state index contributed by atoms with van der Waals surface area (Å²) in [6.07, 6.45) is 1.37. The third kappa shape index (κ3) is 2.63. The number of phenols is 1. The summed E-state index contributed by atoms with van der Waals surface area (Å²) < 4.78 is 1.30. The van der Waals surface area contributed by atoms with Crippen LogP contribution in [0.25, 0.3) is 5.69 Å². The molecule has 0 atom stereocenters. The molecule has 1 aromatic heterocycles. The number of amides is 3. The number of carbonyl (C=O) groups excluding carboxylic acids is 2. The van der Waals surface area contributed by atoms with Crippen LogP contribution in [-0.4, -0.2) is 26.8 Å². The third-order valence-electron chi connectivity index (χ3n) is 2.30. The zero-order chi connectivity index (χ0) is 14.0. The second-order valence-electron chi connectivity index (χ2n) is 3.71. The van der Waals surface area contributed by atoms with Crippen LogP contribution in [-0.2, 0) is 0 Å². The summed E-state index contributed by atoms with van der Waals surface area (Å²) in [5.74, 6) is -0.763. The van der Waals surface area contributed by atoms with Crippen molar-refractivity contribution in [2.45, 2.75) is 0 Å². The molecule has 3 amide bonds. The number of aromatic hydroxyl groups is 1. The van der Waals surface area contributed by atoms with E-state index in [2.05, 4.69) is 10.4 Å². The molecule has 1 heterocycles. The number of nitrogens with one attached hydrogen (secondary N) is 1. The summed E-state index contributed by atoms with van der Waals surface area (Å²) in [5, 5.41) is 15.6. The molecule has 0 unspecified atom stereocenters. The number of nitrogens with two attached hydrogens (primary N) is 2. The molecule has 0 spiro atoms. The van der Waals surface area contributed by atoms with Crippen molar-refractivity contribution in [3.63, 3.8) is 0 Å². The van der Waals surface area contributed by atoms with Crippen LogP contribution in [0.3, 0.4) is 0 Å². The zero-order valence-electron chi connectivity index (χ0n) is 9.70. The summed E-state index contributed by atoms with van der Waals surface area (Å²) in [6.45, 7) is 0. The molecule has 0 saturated heterocycles. The first-order valence-electron chi connectivity index (χ1n) is 5.22. The summed E-state index contributed by atoms with van der Waals surface area (Å²) >= 11 is 0. The van der Waals surface area contributed by atoms with Crippen LogP contribution in [0.4, 0.5) is 10.5 Å². The molecule has 8 heteroatoms. The van der Waals surface area contributed by atoms with Gasteiger partial charge in [0.2, 0.25) is 0 Å². The van der Waals surface area contributed by atoms with Crippen molar-refractivity contribution in [3.8, 4) is 11.4 Å². The summed E-state index contributed by atoms with van der Waals surface area (Å²) in [4.78, 5) is 22.0. The Balaban J connectivity index is 2.48. The Kier molecular flexibility index (Phi) is 3.06. The van der Waals surface area contributed by atoms with Gasteiger partial charge in [-0.1, -0.05) is 6.07 Å². The van der Waals surface area contributed by atoms with Crippen LogP contribution in [0.15, 0.2) is 30.5 Å². The van der Waals surface area contributed by atoms with Gasteiger partial charge in [0.25, 0.3) is 5.91 Å². The molecule has 0 aliphatic heterocycles. The van der Waals surface area contributed by atoms with E-state index in [9.17, 15) is 14.7 Å². The fraction of sp³-hybridized carbons (Fsp3) is 0. The highest BCUT2D eigenvalue weighted by molar-refractivity contribution is 6.00. The summed E-state index contributed by atoms with van der Waals surface area (Å²) in [6, 6.07) is 5.36. The van der Waals surface area contributed by atoms with E-state index in [4.69, 9.17) is 11.5 Å². The normalized spacial score (nSPS) is 10.1. The number of nitrogens with zero attached hydrogens (tertiary/aromatic N) is 2. The predicted octanol–water partition coefficient (Wildman–Crippen LogP) is 0.167. The van der Waals surface area contributed by atoms with Gasteiger partial charge in [0.15, 0.2) is 5.69 Å². The van der Waals surface area contributed by atoms with Gasteiger partial charge >= 0.3 is 6.03 Å². The van der Waals surface area contributed by atoms with Crippen LogP contribution in [0.5, 0.6) is 5.75 Å². The van der Waals surface area contributed by atoms with Gasteiger partial charge in [-0.15, -0.1) is 0 Å². The molecule has 8 nitrogen and oxygen atoms in total. The van der Waals surface area contributed by atoms with E-state index in [0.717, 1.165) is 0 Å². The first-order chi connectivity index (χ1) is 8.97. The lowest BCUT2D eigenvalue weighted by Gasteiger charge is -2.00. The summed E-state index contributed by atoms with van der Waals surface area (Å²) in [5.41, 5.74) is 10.6. The Hall–Kier alpha value is -3.03. The van der Waals surface area contributed by atoms with Crippen molar-refractivity contribution in [1.29, 1.82) is 0 Å². The largest absolute Gasteiger partial charge is 0.508 e. The number of rotatable bonds is 3. The van der Waals surface area contributed by atoms with E-state index in [1.54, 1.807) is 12.1 Å². The topological polar surface area (TPSA) is 136 Å². The maximum atomic E-state index is 11.2. The van der Waals surface area contributed by atoms with Crippen LogP contribution in [0, 0.1) is 0 Å². The molecule has 2 aromatic rings. The first-order valence-corrected chi connectivity index (χ1v) is 5.22. The van der Waals surface area contributed by atoms with E-state index in [-0.39, 0.29) is 17.1 Å². The second-order valence-corrected chi connectivity index (χ2v) is 3.71. The number of phenolic OH excluding ortho intramolecular Hbond substituents is 1. The van der Waals surface area contributed by atoms with Crippen molar-refractivity contribution in [1.82, 2.24) is 9.78 Å². The van der Waals surface area contributed by atoms with Gasteiger partial charge in [-0.05, 0) is 12.1 Å². The zero-order valence-corrected chi connectivity index (χ0v) is 9.70. The van der Waals surface area contributed by atoms with Crippen molar-refractivity contribution >= 4 is 17.6 Å². The highest BCUT2D eigenvalue weighted by Gasteiger charge is 2.16. The van der Waals surface area contributed by atoms with Crippen molar-refractivity contribution in [2.24, 2.45) is 11.5 Å². The number of primary amides is 2. The van der Waals surface area contributed by atoms with Crippen LogP contribution in [0.1, 0.15) is 10.5 Å². The number of hydrogen-bond acceptors (Lipinski definition) is 4. The second kappa shape index (κ2) is 4.69. The average molecular weight is 261 g/mol. The fourth-order valence-electron chi connectivity index (χ4n) is 1.55. The van der Waals surface area contributed by atoms with Gasteiger partial charge < -0.3 is 21.9 Å². The molecule has 19 heavy (non-hydrogen) atoms. The minimum Gasteiger partial charge on any atom is -0.508 e. The molecule has 6 N–H and O–H groups in total. The standard InChI is InChI=1S/C11H11N5O3/c12-10(18)9-8(14-11(13)19)5-16(15-9)6-2-1-3-7(17)4-6/h1-5,17H,(H2,12,18)(H3,13,14,19). The number of hydrogen-bond donors (Lipinski definition) is 4. The number of urea groups is 1. The third-order valence-corrected chi connectivity index (χ3v) is 2.30. The highest BCUT2D eigenvalue weighted by Crippen LogP contribution is 2.19. The lowest BCUT2D eigenvalue weighted by molar-refractivity contribution is 0.0996. The van der Waals surface area contributed by atoms with Gasteiger partial charge in [0, 0.05) is 6.07 Å². The van der Waals surface area contributed by atoms with Crippen molar-refractivity contribution < 1.29 is 14.7 Å². The number of benzene rings is 1. The monoisotopic (exact) mass is 261 g/mol. The Bertz CT molecular complexity index is 650. The van der Waals surface area contributed by atoms with Gasteiger partial charge in [0.1, 0.15) is 5.75 Å². The number of carbonyl (C=O) groups is 2. The molecule has 1 aromatic carbocycles. The summed E-state index contributed by atoms with van der Waals surface area (Å²) in [7, 11) is 0. The fourth-order valence-corrected chi connectivity index (χ4v) is 1.55. The van der Waals surface area contributed by atoms with Crippen molar-refractivity contribution in [2.75, 3.05) is 5.32 Å². The first kappa shape index (κ1) is 12.4. The van der Waals surface area contributed by atoms with E-state index in [0.29, 0.717) is 5.69 Å². The van der Waals surface area contributed by atoms with E-state index >= 15 is 0 Å². The molecule has 0 fully saturated rings. The van der Waals surface area contributed by atoms with E-state index in [1.807, 2.05) is 0 Å². The molecule has 0 aliphatic rings. The molecular weight excluding hydrogens is 250 g/mol. The minimum atomic E-state index is -0.835. The van der Waals surface area contributed by atoms with Gasteiger partial charge in [-0.2, -0.15) is 5.10 Å². The molecule has 0 radical (unpaired) electrons. The van der Waals surface area contributed by atoms with Crippen molar-refractivity contribution in [3.05, 3.63) is 36.2 Å². The van der Waals surface area contributed by atoms with Gasteiger partial charge in [-0.25, -0.2) is 9.48 Å². The van der Waals surface area contributed by atoms with Gasteiger partial charge in [-0.3, -0.25) is 4.79 Å². The van der Waals surface area contributed by atoms with Gasteiger partial charge in [0.05, 0.1) is 17.6 Å². The Morgan fingerprint density at radius 2 is 2.05 bits per heavy atom. The number of aromatic nitrogens is 2. The lowest BCUT2D eigenvalue weighted by Crippen LogP contribution is -2.22. The maximum Gasteiger partial charge on any atom is 0.316 e. The predicted molar refractivity (Wildman–Crippen MR) is 67.0 cm³/mol. The molecule has 0 aliphatic carbocycles. The lowest BCUT2D eigenvalue weighted by atomic mass is 10.3. The molecular formula is C11H11N5O3. The Morgan fingerprint density at radius 1 is 1.32 bits per heavy atom. The van der Waals surface area contributed by atoms with E-state index < -0.39 is 11.9 Å². The molecule has 98 valence electrons. The minimum absolute atomic E-state index is 0.0398. The van der Waals surface area contributed by atoms with Crippen LogP contribution < -0.4 is 16.8 Å². The molecule has 0 saturated carbocycles. The maximum absolute atomic E-state index is 11.2. The van der Waals surface area contributed by atoms with Crippen LogP contribution in [0.2, 0.25) is 0 Å². The number of anilines is 1. The molecule has 2 rings (SSSR count). The SMILES string of the molecule is NC(=O)Nc1cn(-c2cccc(O)c2)nc1C(N)=O. The Morgan fingerprint density at radius 3 is 2.63 bits per heavy atom. The quantitative estimate of drug-likeness (QED) is 0.625. The van der Waals surface area contributed by atoms with E-state index in [1.165, 1.54) is 23.0 Å². The molecule has 0 bridgehead atoms. The highest BCUT2D eigenvalue weighted by atomic mass is 16.3. The van der Waals surface area contributed by atoms with Crippen LogP contribution >= 0.6 is 0 Å². The average Bonchev–Trinajstić information content (AvgIpc) is 2.72. The Labute approximate surface area is 107 Å².